The van der Waals surface area contributed by atoms with E-state index in [1.807, 2.05) is 6.92 Å². The Labute approximate surface area is 172 Å². The summed E-state index contributed by atoms with van der Waals surface area (Å²) in [5.41, 5.74) is -0.343. The lowest BCUT2D eigenvalue weighted by Gasteiger charge is -2.39. The smallest absolute Gasteiger partial charge is 0.387 e. The van der Waals surface area contributed by atoms with Crippen LogP contribution in [0.3, 0.4) is 0 Å². The lowest BCUT2D eigenvalue weighted by Crippen LogP contribution is -2.61. The molecule has 0 radical (unpaired) electrons. The number of nitrogens with zero attached hydrogens (tertiary/aromatic N) is 1. The molecule has 3 rings (SSSR count). The molecule has 30 heavy (non-hydrogen) atoms. The maximum Gasteiger partial charge on any atom is 0.387 e. The number of amides is 2. The van der Waals surface area contributed by atoms with Crippen LogP contribution >= 0.6 is 0 Å². The number of halogens is 3. The standard InChI is InChI=1S/C20H26F3N3O4/c1-20(11-29-12-20)25-17(27)10-26-4-2-13(3-5-26)9-24-18(28)14-6-15(21)8-16(7-14)30-19(22)23/h6-8,13,19H,2-5,9-12H2,1H3,(H,24,28)(H,25,27). The van der Waals surface area contributed by atoms with E-state index in [0.717, 1.165) is 44.1 Å². The average molecular weight is 429 g/mol. The number of nitrogens with one attached hydrogen (secondary N) is 2. The van der Waals surface area contributed by atoms with Crippen molar-refractivity contribution in [1.82, 2.24) is 15.5 Å². The van der Waals surface area contributed by atoms with Crippen LogP contribution in [-0.2, 0) is 9.53 Å². The Morgan fingerprint density at radius 3 is 2.57 bits per heavy atom. The number of benzene rings is 1. The lowest BCUT2D eigenvalue weighted by atomic mass is 9.96. The summed E-state index contributed by atoms with van der Waals surface area (Å²) in [7, 11) is 0. The number of rotatable bonds is 8. The van der Waals surface area contributed by atoms with Crippen LogP contribution in [0.5, 0.6) is 5.75 Å². The third-order valence-electron chi connectivity index (χ3n) is 5.27. The largest absolute Gasteiger partial charge is 0.435 e. The predicted octanol–water partition coefficient (Wildman–Crippen LogP) is 1.77. The summed E-state index contributed by atoms with van der Waals surface area (Å²) < 4.78 is 47.5. The van der Waals surface area contributed by atoms with Gasteiger partial charge in [-0.3, -0.25) is 14.5 Å². The number of alkyl halides is 2. The number of likely N-dealkylation sites (tertiary alicyclic amines) is 1. The van der Waals surface area contributed by atoms with Gasteiger partial charge in [-0.2, -0.15) is 8.78 Å². The fraction of sp³-hybridized carbons (Fsp3) is 0.600. The Morgan fingerprint density at radius 1 is 1.27 bits per heavy atom. The minimum Gasteiger partial charge on any atom is -0.435 e. The molecule has 0 spiro atoms. The molecule has 2 N–H and O–H groups in total. The highest BCUT2D eigenvalue weighted by atomic mass is 19.3. The Morgan fingerprint density at radius 2 is 1.97 bits per heavy atom. The molecule has 1 aromatic rings. The molecule has 1 aromatic carbocycles. The highest BCUT2D eigenvalue weighted by molar-refractivity contribution is 5.94. The normalized spacial score (nSPS) is 19.2. The van der Waals surface area contributed by atoms with Gasteiger partial charge in [-0.15, -0.1) is 0 Å². The Balaban J connectivity index is 1.40. The SMILES string of the molecule is CC1(NC(=O)CN2CCC(CNC(=O)c3cc(F)cc(OC(F)F)c3)CC2)COC1. The lowest BCUT2D eigenvalue weighted by molar-refractivity contribution is -0.132. The zero-order valence-corrected chi connectivity index (χ0v) is 16.8. The molecule has 2 fully saturated rings. The van der Waals surface area contributed by atoms with E-state index in [4.69, 9.17) is 4.74 Å². The summed E-state index contributed by atoms with van der Waals surface area (Å²) >= 11 is 0. The number of hydrogen-bond donors (Lipinski definition) is 2. The van der Waals surface area contributed by atoms with E-state index in [9.17, 15) is 22.8 Å². The number of carbonyl (C=O) groups excluding carboxylic acids is 2. The van der Waals surface area contributed by atoms with Gasteiger partial charge in [0, 0.05) is 18.2 Å². The topological polar surface area (TPSA) is 79.9 Å². The Bertz CT molecular complexity index is 766. The zero-order valence-electron chi connectivity index (χ0n) is 16.8. The zero-order chi connectivity index (χ0) is 21.7. The second-order valence-corrected chi connectivity index (χ2v) is 8.09. The quantitative estimate of drug-likeness (QED) is 0.659. The van der Waals surface area contributed by atoms with Gasteiger partial charge in [0.2, 0.25) is 5.91 Å². The minimum atomic E-state index is -3.10. The summed E-state index contributed by atoms with van der Waals surface area (Å²) in [5, 5.41) is 5.70. The Kier molecular flexibility index (Phi) is 7.19. The van der Waals surface area contributed by atoms with Crippen molar-refractivity contribution in [1.29, 1.82) is 0 Å². The van der Waals surface area contributed by atoms with Crippen LogP contribution in [-0.4, -0.2) is 68.3 Å². The first kappa shape index (κ1) is 22.4. The predicted molar refractivity (Wildman–Crippen MR) is 102 cm³/mol. The molecule has 0 aromatic heterocycles. The van der Waals surface area contributed by atoms with Crippen molar-refractivity contribution in [2.45, 2.75) is 31.9 Å². The van der Waals surface area contributed by atoms with E-state index in [1.54, 1.807) is 0 Å². The van der Waals surface area contributed by atoms with Crippen molar-refractivity contribution in [3.05, 3.63) is 29.6 Å². The van der Waals surface area contributed by atoms with Crippen LogP contribution in [0.1, 0.15) is 30.1 Å². The molecule has 0 bridgehead atoms. The highest BCUT2D eigenvalue weighted by Gasteiger charge is 2.35. The van der Waals surface area contributed by atoms with E-state index < -0.39 is 24.1 Å². The van der Waals surface area contributed by atoms with Gasteiger partial charge in [0.05, 0.1) is 25.3 Å². The molecule has 2 aliphatic rings. The fourth-order valence-electron chi connectivity index (χ4n) is 3.61. The van der Waals surface area contributed by atoms with Crippen molar-refractivity contribution in [2.24, 2.45) is 5.92 Å². The van der Waals surface area contributed by atoms with Crippen molar-refractivity contribution in [2.75, 3.05) is 39.4 Å². The number of hydrogen-bond acceptors (Lipinski definition) is 5. The molecule has 10 heteroatoms. The van der Waals surface area contributed by atoms with E-state index in [-0.39, 0.29) is 22.9 Å². The first-order chi connectivity index (χ1) is 14.2. The third-order valence-corrected chi connectivity index (χ3v) is 5.27. The average Bonchev–Trinajstić information content (AvgIpc) is 2.65. The molecule has 2 amide bonds. The molecular formula is C20H26F3N3O4. The number of piperidine rings is 1. The number of carbonyl (C=O) groups is 2. The van der Waals surface area contributed by atoms with Crippen LogP contribution in [0.4, 0.5) is 13.2 Å². The van der Waals surface area contributed by atoms with E-state index in [0.29, 0.717) is 26.3 Å². The molecule has 2 saturated heterocycles. The van der Waals surface area contributed by atoms with Gasteiger partial charge in [0.15, 0.2) is 0 Å². The van der Waals surface area contributed by atoms with Crippen molar-refractivity contribution < 1.29 is 32.2 Å². The first-order valence-electron chi connectivity index (χ1n) is 9.87. The van der Waals surface area contributed by atoms with Crippen LogP contribution in [0.15, 0.2) is 18.2 Å². The van der Waals surface area contributed by atoms with Crippen LogP contribution in [0.2, 0.25) is 0 Å². The molecule has 0 aliphatic carbocycles. The van der Waals surface area contributed by atoms with Crippen LogP contribution in [0, 0.1) is 11.7 Å². The molecular weight excluding hydrogens is 403 g/mol. The van der Waals surface area contributed by atoms with Gasteiger partial charge in [-0.1, -0.05) is 0 Å². The van der Waals surface area contributed by atoms with Crippen molar-refractivity contribution in [3.63, 3.8) is 0 Å². The van der Waals surface area contributed by atoms with E-state index in [1.165, 1.54) is 0 Å². The highest BCUT2D eigenvalue weighted by Crippen LogP contribution is 2.20. The molecule has 7 nitrogen and oxygen atoms in total. The minimum absolute atomic E-state index is 0.0273. The molecule has 2 aliphatic heterocycles. The summed E-state index contributed by atoms with van der Waals surface area (Å²) in [4.78, 5) is 26.5. The van der Waals surface area contributed by atoms with Crippen LogP contribution in [0.25, 0.3) is 0 Å². The van der Waals surface area contributed by atoms with Gasteiger partial charge >= 0.3 is 6.61 Å². The molecule has 0 atom stereocenters. The van der Waals surface area contributed by atoms with E-state index in [2.05, 4.69) is 20.3 Å². The summed E-state index contributed by atoms with van der Waals surface area (Å²) in [6, 6.07) is 2.86. The maximum absolute atomic E-state index is 13.6. The molecule has 2 heterocycles. The van der Waals surface area contributed by atoms with Gasteiger partial charge in [-0.25, -0.2) is 4.39 Å². The van der Waals surface area contributed by atoms with E-state index >= 15 is 0 Å². The fourth-order valence-corrected chi connectivity index (χ4v) is 3.61. The second-order valence-electron chi connectivity index (χ2n) is 8.09. The van der Waals surface area contributed by atoms with Gasteiger partial charge < -0.3 is 20.1 Å². The number of ether oxygens (including phenoxy) is 2. The van der Waals surface area contributed by atoms with Gasteiger partial charge in [0.1, 0.15) is 11.6 Å². The van der Waals surface area contributed by atoms with Gasteiger partial charge in [0.25, 0.3) is 5.91 Å². The molecule has 166 valence electrons. The second kappa shape index (κ2) is 9.65. The molecule has 0 unspecified atom stereocenters. The van der Waals surface area contributed by atoms with Crippen molar-refractivity contribution >= 4 is 11.8 Å². The Hall–Kier alpha value is -2.33. The summed E-state index contributed by atoms with van der Waals surface area (Å²) in [6.45, 7) is 2.08. The van der Waals surface area contributed by atoms with Gasteiger partial charge in [-0.05, 0) is 50.9 Å². The first-order valence-corrected chi connectivity index (χ1v) is 9.87. The van der Waals surface area contributed by atoms with Crippen LogP contribution < -0.4 is 15.4 Å². The summed E-state index contributed by atoms with van der Waals surface area (Å²) in [6.07, 6.45) is 1.60. The monoisotopic (exact) mass is 429 g/mol. The van der Waals surface area contributed by atoms with Crippen molar-refractivity contribution in [3.8, 4) is 5.75 Å². The third kappa shape index (κ3) is 6.33. The summed E-state index contributed by atoms with van der Waals surface area (Å²) in [5.74, 6) is -1.58. The molecule has 0 saturated carbocycles. The maximum atomic E-state index is 13.6.